The van der Waals surface area contributed by atoms with E-state index in [0.29, 0.717) is 6.42 Å². The third-order valence-electron chi connectivity index (χ3n) is 4.96. The van der Waals surface area contributed by atoms with Crippen molar-refractivity contribution in [2.75, 3.05) is 13.1 Å². The molecule has 1 atom stereocenters. The third kappa shape index (κ3) is 3.83. The van der Waals surface area contributed by atoms with Gasteiger partial charge in [0.05, 0.1) is 6.10 Å². The van der Waals surface area contributed by atoms with Gasteiger partial charge in [-0.25, -0.2) is 4.39 Å². The molecule has 1 rings (SSSR count). The Morgan fingerprint density at radius 1 is 1.14 bits per heavy atom. The van der Waals surface area contributed by atoms with Gasteiger partial charge in [0.1, 0.15) is 5.82 Å². The fourth-order valence-corrected chi connectivity index (χ4v) is 3.49. The fourth-order valence-electron chi connectivity index (χ4n) is 3.49. The van der Waals surface area contributed by atoms with Crippen LogP contribution in [0.1, 0.15) is 51.7 Å². The first-order valence-corrected chi connectivity index (χ1v) is 8.13. The molecule has 1 aromatic rings. The lowest BCUT2D eigenvalue weighted by molar-refractivity contribution is -0.0341. The summed E-state index contributed by atoms with van der Waals surface area (Å²) in [5.41, 5.74) is 1.71. The van der Waals surface area contributed by atoms with Crippen LogP contribution in [0.5, 0.6) is 0 Å². The molecule has 0 saturated carbocycles. The van der Waals surface area contributed by atoms with Crippen LogP contribution in [0.2, 0.25) is 0 Å². The molecule has 0 fully saturated rings. The number of aliphatic hydroxyl groups excluding tert-OH is 1. The molecule has 0 aliphatic heterocycles. The molecule has 3 heteroatoms. The van der Waals surface area contributed by atoms with Gasteiger partial charge < -0.3 is 5.11 Å². The predicted molar refractivity (Wildman–Crippen MR) is 87.1 cm³/mol. The standard InChI is InChI=1S/C18H30FNO/c1-6-18(7-2,20(8-3)9-4)17(21)13-15-12-16(19)11-10-14(15)5/h10-12,17,21H,6-9,13H2,1-5H3. The molecule has 0 saturated heterocycles. The van der Waals surface area contributed by atoms with Gasteiger partial charge in [0, 0.05) is 12.0 Å². The van der Waals surface area contributed by atoms with Gasteiger partial charge in [0.25, 0.3) is 0 Å². The number of benzene rings is 1. The Balaban J connectivity index is 3.06. The second-order valence-corrected chi connectivity index (χ2v) is 5.77. The van der Waals surface area contributed by atoms with Crippen molar-refractivity contribution in [3.63, 3.8) is 0 Å². The van der Waals surface area contributed by atoms with E-state index in [1.54, 1.807) is 12.1 Å². The van der Waals surface area contributed by atoms with Crippen LogP contribution in [0, 0.1) is 12.7 Å². The molecule has 0 bridgehead atoms. The van der Waals surface area contributed by atoms with E-state index in [2.05, 4.69) is 32.6 Å². The minimum absolute atomic E-state index is 0.232. The zero-order valence-electron chi connectivity index (χ0n) is 14.1. The highest BCUT2D eigenvalue weighted by atomic mass is 19.1. The minimum atomic E-state index is -0.493. The Hall–Kier alpha value is -0.930. The fraction of sp³-hybridized carbons (Fsp3) is 0.667. The van der Waals surface area contributed by atoms with E-state index in [0.717, 1.165) is 37.1 Å². The van der Waals surface area contributed by atoms with Crippen LogP contribution in [0.25, 0.3) is 0 Å². The van der Waals surface area contributed by atoms with E-state index in [1.165, 1.54) is 6.07 Å². The number of hydrogen-bond acceptors (Lipinski definition) is 2. The number of halogens is 1. The lowest BCUT2D eigenvalue weighted by Gasteiger charge is -2.46. The monoisotopic (exact) mass is 295 g/mol. The summed E-state index contributed by atoms with van der Waals surface area (Å²) < 4.78 is 13.5. The molecule has 0 aliphatic carbocycles. The van der Waals surface area contributed by atoms with E-state index in [9.17, 15) is 9.50 Å². The molecular formula is C18H30FNO. The minimum Gasteiger partial charge on any atom is -0.391 e. The van der Waals surface area contributed by atoms with Crippen molar-refractivity contribution in [2.45, 2.75) is 65.5 Å². The van der Waals surface area contributed by atoms with Gasteiger partial charge >= 0.3 is 0 Å². The summed E-state index contributed by atoms with van der Waals surface area (Å²) in [4.78, 5) is 2.34. The van der Waals surface area contributed by atoms with Crippen molar-refractivity contribution in [1.82, 2.24) is 4.90 Å². The smallest absolute Gasteiger partial charge is 0.123 e. The quantitative estimate of drug-likeness (QED) is 0.785. The van der Waals surface area contributed by atoms with Crippen LogP contribution >= 0.6 is 0 Å². The lowest BCUT2D eigenvalue weighted by atomic mass is 9.81. The summed E-state index contributed by atoms with van der Waals surface area (Å²) in [6, 6.07) is 4.81. The molecule has 0 aromatic heterocycles. The van der Waals surface area contributed by atoms with Crippen molar-refractivity contribution in [1.29, 1.82) is 0 Å². The summed E-state index contributed by atoms with van der Waals surface area (Å²) in [7, 11) is 0. The number of aryl methyl sites for hydroxylation is 1. The van der Waals surface area contributed by atoms with Gasteiger partial charge in [-0.15, -0.1) is 0 Å². The molecule has 0 amide bonds. The zero-order chi connectivity index (χ0) is 16.0. The van der Waals surface area contributed by atoms with Crippen molar-refractivity contribution in [3.05, 3.63) is 35.1 Å². The summed E-state index contributed by atoms with van der Waals surface area (Å²) in [6.07, 6.45) is 1.79. The Bertz CT molecular complexity index is 439. The number of likely N-dealkylation sites (N-methyl/N-ethyl adjacent to an activating group) is 1. The molecule has 1 unspecified atom stereocenters. The van der Waals surface area contributed by atoms with E-state index in [-0.39, 0.29) is 11.4 Å². The summed E-state index contributed by atoms with van der Waals surface area (Å²) in [5.74, 6) is -0.232. The van der Waals surface area contributed by atoms with Crippen LogP contribution in [0.4, 0.5) is 4.39 Å². The molecule has 2 nitrogen and oxygen atoms in total. The summed E-state index contributed by atoms with van der Waals surface area (Å²) >= 11 is 0. The maximum atomic E-state index is 13.5. The summed E-state index contributed by atoms with van der Waals surface area (Å²) in [5, 5.41) is 10.9. The average Bonchev–Trinajstić information content (AvgIpc) is 2.48. The molecular weight excluding hydrogens is 265 g/mol. The first kappa shape index (κ1) is 18.1. The highest BCUT2D eigenvalue weighted by molar-refractivity contribution is 5.27. The second kappa shape index (κ2) is 7.90. The first-order chi connectivity index (χ1) is 9.94. The molecule has 0 radical (unpaired) electrons. The number of nitrogens with zero attached hydrogens (tertiary/aromatic N) is 1. The number of hydrogen-bond donors (Lipinski definition) is 1. The average molecular weight is 295 g/mol. The van der Waals surface area contributed by atoms with E-state index < -0.39 is 6.10 Å². The van der Waals surface area contributed by atoms with Crippen LogP contribution in [-0.4, -0.2) is 34.7 Å². The highest BCUT2D eigenvalue weighted by Gasteiger charge is 2.39. The van der Waals surface area contributed by atoms with Gasteiger partial charge in [-0.05, 0) is 56.1 Å². The Labute approximate surface area is 129 Å². The van der Waals surface area contributed by atoms with Crippen molar-refractivity contribution < 1.29 is 9.50 Å². The first-order valence-electron chi connectivity index (χ1n) is 8.13. The Morgan fingerprint density at radius 3 is 2.19 bits per heavy atom. The van der Waals surface area contributed by atoms with Crippen LogP contribution in [-0.2, 0) is 6.42 Å². The van der Waals surface area contributed by atoms with Gasteiger partial charge in [-0.1, -0.05) is 33.8 Å². The maximum absolute atomic E-state index is 13.5. The van der Waals surface area contributed by atoms with Crippen LogP contribution in [0.15, 0.2) is 18.2 Å². The van der Waals surface area contributed by atoms with E-state index in [1.807, 2.05) is 6.92 Å². The van der Waals surface area contributed by atoms with Crippen molar-refractivity contribution in [3.8, 4) is 0 Å². The third-order valence-corrected chi connectivity index (χ3v) is 4.96. The maximum Gasteiger partial charge on any atom is 0.123 e. The predicted octanol–water partition coefficient (Wildman–Crippen LogP) is 3.94. The van der Waals surface area contributed by atoms with Crippen molar-refractivity contribution in [2.24, 2.45) is 0 Å². The van der Waals surface area contributed by atoms with Gasteiger partial charge in [0.15, 0.2) is 0 Å². The Kier molecular flexibility index (Phi) is 6.82. The van der Waals surface area contributed by atoms with E-state index >= 15 is 0 Å². The second-order valence-electron chi connectivity index (χ2n) is 5.77. The normalized spacial score (nSPS) is 13.7. The molecule has 0 spiro atoms. The molecule has 0 aliphatic rings. The highest BCUT2D eigenvalue weighted by Crippen LogP contribution is 2.30. The topological polar surface area (TPSA) is 23.5 Å². The SMILES string of the molecule is CCN(CC)C(CC)(CC)C(O)Cc1cc(F)ccc1C. The van der Waals surface area contributed by atoms with Crippen molar-refractivity contribution >= 4 is 0 Å². The largest absolute Gasteiger partial charge is 0.391 e. The molecule has 120 valence electrons. The number of aliphatic hydroxyl groups is 1. The van der Waals surface area contributed by atoms with Gasteiger partial charge in [-0.3, -0.25) is 4.90 Å². The summed E-state index contributed by atoms with van der Waals surface area (Å²) in [6.45, 7) is 12.3. The molecule has 21 heavy (non-hydrogen) atoms. The van der Waals surface area contributed by atoms with Crippen LogP contribution in [0.3, 0.4) is 0 Å². The number of rotatable bonds is 8. The lowest BCUT2D eigenvalue weighted by Crippen LogP contribution is -2.56. The Morgan fingerprint density at radius 2 is 1.71 bits per heavy atom. The molecule has 1 aromatic carbocycles. The van der Waals surface area contributed by atoms with E-state index in [4.69, 9.17) is 0 Å². The molecule has 0 heterocycles. The van der Waals surface area contributed by atoms with Gasteiger partial charge in [0.2, 0.25) is 0 Å². The molecule has 1 N–H and O–H groups in total. The zero-order valence-corrected chi connectivity index (χ0v) is 14.1. The van der Waals surface area contributed by atoms with Crippen LogP contribution < -0.4 is 0 Å². The van der Waals surface area contributed by atoms with Gasteiger partial charge in [-0.2, -0.15) is 0 Å².